The molecule has 3 N–H and O–H groups in total. The van der Waals surface area contributed by atoms with Gasteiger partial charge in [0, 0.05) is 11.9 Å². The van der Waals surface area contributed by atoms with Gasteiger partial charge in [-0.25, -0.2) is 4.79 Å². The molecule has 1 aromatic heterocycles. The van der Waals surface area contributed by atoms with E-state index in [1.165, 1.54) is 10.9 Å². The Morgan fingerprint density at radius 3 is 2.68 bits per heavy atom. The van der Waals surface area contributed by atoms with Gasteiger partial charge in [0.15, 0.2) is 0 Å². The summed E-state index contributed by atoms with van der Waals surface area (Å²) in [6.07, 6.45) is 0. The number of aromatic carboxylic acids is 1. The van der Waals surface area contributed by atoms with Crippen molar-refractivity contribution < 1.29 is 9.90 Å². The summed E-state index contributed by atoms with van der Waals surface area (Å²) in [5.74, 6) is -1.00. The smallest absolute Gasteiger partial charge is 0.337 e. The lowest BCUT2D eigenvalue weighted by atomic mass is 10.1. The Morgan fingerprint density at radius 2 is 2.11 bits per heavy atom. The van der Waals surface area contributed by atoms with Crippen molar-refractivity contribution in [2.45, 2.75) is 13.0 Å². The number of anilines is 2. The van der Waals surface area contributed by atoms with Crippen LogP contribution in [0.15, 0.2) is 35.7 Å². The van der Waals surface area contributed by atoms with E-state index in [0.29, 0.717) is 5.69 Å². The quantitative estimate of drug-likeness (QED) is 0.841. The van der Waals surface area contributed by atoms with Gasteiger partial charge in [0.1, 0.15) is 0 Å². The summed E-state index contributed by atoms with van der Waals surface area (Å²) < 4.78 is 0. The molecule has 0 aliphatic rings. The van der Waals surface area contributed by atoms with Gasteiger partial charge in [0.05, 0.1) is 23.0 Å². The van der Waals surface area contributed by atoms with Crippen LogP contribution in [0.25, 0.3) is 0 Å². The number of nitrogens with two attached hydrogens (primary N) is 1. The number of rotatable bonds is 4. The van der Waals surface area contributed by atoms with E-state index in [9.17, 15) is 4.79 Å². The van der Waals surface area contributed by atoms with E-state index >= 15 is 0 Å². The van der Waals surface area contributed by atoms with Crippen molar-refractivity contribution in [1.29, 1.82) is 0 Å². The first-order chi connectivity index (χ1) is 9.02. The van der Waals surface area contributed by atoms with Crippen molar-refractivity contribution in [3.05, 3.63) is 46.2 Å². The highest BCUT2D eigenvalue weighted by Crippen LogP contribution is 2.33. The Hall–Kier alpha value is -2.01. The van der Waals surface area contributed by atoms with Gasteiger partial charge < -0.3 is 15.7 Å². The fraction of sp³-hybridized carbons (Fsp3) is 0.214. The Labute approximate surface area is 116 Å². The number of hydrogen-bond acceptors (Lipinski definition) is 4. The van der Waals surface area contributed by atoms with Crippen LogP contribution >= 0.6 is 11.3 Å². The minimum atomic E-state index is -1.00. The number of nitrogens with zero attached hydrogens (tertiary/aromatic N) is 1. The van der Waals surface area contributed by atoms with Crippen LogP contribution in [-0.2, 0) is 0 Å². The summed E-state index contributed by atoms with van der Waals surface area (Å²) in [7, 11) is 1.92. The minimum Gasteiger partial charge on any atom is -0.478 e. The zero-order valence-electron chi connectivity index (χ0n) is 10.8. The maximum Gasteiger partial charge on any atom is 0.337 e. The second-order valence-corrected chi connectivity index (χ2v) is 5.33. The number of carboxylic acids is 1. The molecule has 1 heterocycles. The molecule has 0 saturated heterocycles. The van der Waals surface area contributed by atoms with Crippen molar-refractivity contribution in [1.82, 2.24) is 0 Å². The Balaban J connectivity index is 2.36. The molecule has 0 aliphatic carbocycles. The van der Waals surface area contributed by atoms with Gasteiger partial charge in [-0.15, -0.1) is 11.3 Å². The molecule has 1 atom stereocenters. The maximum absolute atomic E-state index is 11.1. The largest absolute Gasteiger partial charge is 0.478 e. The van der Waals surface area contributed by atoms with Gasteiger partial charge in [-0.1, -0.05) is 12.1 Å². The molecule has 0 fully saturated rings. The lowest BCUT2D eigenvalue weighted by Crippen LogP contribution is -2.22. The van der Waals surface area contributed by atoms with E-state index in [4.69, 9.17) is 10.8 Å². The molecule has 100 valence electrons. The van der Waals surface area contributed by atoms with Crippen LogP contribution in [0.2, 0.25) is 0 Å². The van der Waals surface area contributed by atoms with Gasteiger partial charge in [-0.3, -0.25) is 0 Å². The van der Waals surface area contributed by atoms with Crippen LogP contribution in [0.1, 0.15) is 28.2 Å². The second kappa shape index (κ2) is 5.32. The first kappa shape index (κ1) is 13.4. The van der Waals surface area contributed by atoms with Crippen molar-refractivity contribution in [3.63, 3.8) is 0 Å². The Bertz CT molecular complexity index is 581. The molecular weight excluding hydrogens is 260 g/mol. The standard InChI is InChI=1S/C14H16N2O2S/c1-9(12-7-4-8-19-12)16(2)11-6-3-5-10(13(11)15)14(17)18/h3-9H,15H2,1-2H3,(H,17,18). The van der Waals surface area contributed by atoms with E-state index in [1.807, 2.05) is 29.5 Å². The molecule has 2 aromatic rings. The molecule has 0 spiro atoms. The van der Waals surface area contributed by atoms with Gasteiger partial charge in [0.2, 0.25) is 0 Å². The second-order valence-electron chi connectivity index (χ2n) is 4.35. The van der Waals surface area contributed by atoms with Gasteiger partial charge in [-0.05, 0) is 30.5 Å². The number of hydrogen-bond donors (Lipinski definition) is 2. The summed E-state index contributed by atoms with van der Waals surface area (Å²) in [5.41, 5.74) is 7.14. The summed E-state index contributed by atoms with van der Waals surface area (Å²) in [4.78, 5) is 14.3. The Kier molecular flexibility index (Phi) is 3.76. The lowest BCUT2D eigenvalue weighted by Gasteiger charge is -2.28. The molecular formula is C14H16N2O2S. The number of benzene rings is 1. The number of carbonyl (C=O) groups is 1. The molecule has 1 aromatic carbocycles. The molecule has 0 radical (unpaired) electrons. The number of nitrogen functional groups attached to an aromatic ring is 1. The molecule has 0 amide bonds. The van der Waals surface area contributed by atoms with E-state index in [2.05, 4.69) is 13.0 Å². The third kappa shape index (κ3) is 2.56. The third-order valence-electron chi connectivity index (χ3n) is 3.23. The molecule has 4 nitrogen and oxygen atoms in total. The van der Waals surface area contributed by atoms with Crippen molar-refractivity contribution in [2.75, 3.05) is 17.7 Å². The topological polar surface area (TPSA) is 66.6 Å². The van der Waals surface area contributed by atoms with Crippen molar-refractivity contribution in [2.24, 2.45) is 0 Å². The molecule has 19 heavy (non-hydrogen) atoms. The zero-order chi connectivity index (χ0) is 14.0. The molecule has 0 bridgehead atoms. The highest BCUT2D eigenvalue weighted by molar-refractivity contribution is 7.10. The van der Waals surface area contributed by atoms with Crippen LogP contribution in [-0.4, -0.2) is 18.1 Å². The minimum absolute atomic E-state index is 0.141. The van der Waals surface area contributed by atoms with Crippen molar-refractivity contribution in [3.8, 4) is 0 Å². The van der Waals surface area contributed by atoms with E-state index in [1.54, 1.807) is 17.4 Å². The monoisotopic (exact) mass is 276 g/mol. The van der Waals surface area contributed by atoms with E-state index in [0.717, 1.165) is 5.69 Å². The van der Waals surface area contributed by atoms with Crippen LogP contribution < -0.4 is 10.6 Å². The summed E-state index contributed by atoms with van der Waals surface area (Å²) in [6, 6.07) is 9.28. The van der Waals surface area contributed by atoms with E-state index < -0.39 is 5.97 Å². The fourth-order valence-corrected chi connectivity index (χ4v) is 2.80. The fourth-order valence-electron chi connectivity index (χ4n) is 1.98. The third-order valence-corrected chi connectivity index (χ3v) is 4.27. The molecule has 0 saturated carbocycles. The van der Waals surface area contributed by atoms with Gasteiger partial charge in [0.25, 0.3) is 0 Å². The number of thiophene rings is 1. The predicted octanol–water partition coefficient (Wildman–Crippen LogP) is 3.23. The average Bonchev–Trinajstić information content (AvgIpc) is 2.90. The highest BCUT2D eigenvalue weighted by atomic mass is 32.1. The number of para-hydroxylation sites is 1. The van der Waals surface area contributed by atoms with Crippen LogP contribution in [0.3, 0.4) is 0 Å². The van der Waals surface area contributed by atoms with Gasteiger partial charge >= 0.3 is 5.97 Å². The van der Waals surface area contributed by atoms with E-state index in [-0.39, 0.29) is 11.6 Å². The number of carboxylic acid groups (broad SMARTS) is 1. The SMILES string of the molecule is CC(c1cccs1)N(C)c1cccc(C(=O)O)c1N. The van der Waals surface area contributed by atoms with Gasteiger partial charge in [-0.2, -0.15) is 0 Å². The average molecular weight is 276 g/mol. The molecule has 2 rings (SSSR count). The maximum atomic E-state index is 11.1. The Morgan fingerprint density at radius 1 is 1.37 bits per heavy atom. The molecule has 0 aliphatic heterocycles. The van der Waals surface area contributed by atoms with Crippen LogP contribution in [0.4, 0.5) is 11.4 Å². The predicted molar refractivity (Wildman–Crippen MR) is 79.0 cm³/mol. The van der Waals surface area contributed by atoms with Crippen LogP contribution in [0, 0.1) is 0 Å². The summed E-state index contributed by atoms with van der Waals surface area (Å²) in [5, 5.41) is 11.1. The highest BCUT2D eigenvalue weighted by Gasteiger charge is 2.18. The first-order valence-corrected chi connectivity index (χ1v) is 6.78. The lowest BCUT2D eigenvalue weighted by molar-refractivity contribution is 0.0698. The normalized spacial score (nSPS) is 12.1. The molecule has 5 heteroatoms. The summed E-state index contributed by atoms with van der Waals surface area (Å²) in [6.45, 7) is 2.07. The zero-order valence-corrected chi connectivity index (χ0v) is 11.6. The first-order valence-electron chi connectivity index (χ1n) is 5.90. The summed E-state index contributed by atoms with van der Waals surface area (Å²) >= 11 is 1.67. The molecule has 1 unspecified atom stereocenters. The van der Waals surface area contributed by atoms with Crippen molar-refractivity contribution >= 4 is 28.7 Å². The van der Waals surface area contributed by atoms with Crippen LogP contribution in [0.5, 0.6) is 0 Å².